The number of aromatic nitrogens is 1. The first-order chi connectivity index (χ1) is 8.21. The number of pyridine rings is 1. The predicted octanol–water partition coefficient (Wildman–Crippen LogP) is 2.74. The van der Waals surface area contributed by atoms with Crippen molar-refractivity contribution in [2.24, 2.45) is 11.3 Å². The van der Waals surface area contributed by atoms with Crippen LogP contribution in [0.4, 0.5) is 10.1 Å². The lowest BCUT2D eigenvalue weighted by molar-refractivity contribution is -0.122. The van der Waals surface area contributed by atoms with Gasteiger partial charge in [-0.2, -0.15) is 4.39 Å². The molecule has 0 bridgehead atoms. The summed E-state index contributed by atoms with van der Waals surface area (Å²) in [7, 11) is 0. The van der Waals surface area contributed by atoms with E-state index < -0.39 is 5.95 Å². The zero-order chi connectivity index (χ0) is 11.9. The van der Waals surface area contributed by atoms with Gasteiger partial charge in [0.1, 0.15) is 0 Å². The highest BCUT2D eigenvalue weighted by molar-refractivity contribution is 5.97. The first-order valence-electron chi connectivity index (χ1n) is 6.14. The van der Waals surface area contributed by atoms with Crippen molar-refractivity contribution in [3.05, 3.63) is 24.3 Å². The molecule has 0 saturated heterocycles. The number of anilines is 1. The second kappa shape index (κ2) is 3.79. The van der Waals surface area contributed by atoms with E-state index in [-0.39, 0.29) is 11.3 Å². The Labute approximate surface area is 99.4 Å². The molecule has 0 aliphatic heterocycles. The van der Waals surface area contributed by atoms with Crippen LogP contribution in [-0.2, 0) is 4.79 Å². The van der Waals surface area contributed by atoms with Crippen LogP contribution in [0.5, 0.6) is 0 Å². The molecule has 2 fully saturated rings. The van der Waals surface area contributed by atoms with E-state index in [9.17, 15) is 9.18 Å². The van der Waals surface area contributed by atoms with Crippen molar-refractivity contribution in [2.75, 3.05) is 5.32 Å². The molecule has 3 rings (SSSR count). The SMILES string of the molecule is O=C(Nc1ccc(F)nc1)C12CCCCC1C2. The third-order valence-corrected chi connectivity index (χ3v) is 4.09. The minimum atomic E-state index is -0.525. The summed E-state index contributed by atoms with van der Waals surface area (Å²) in [5, 5.41) is 2.85. The van der Waals surface area contributed by atoms with Gasteiger partial charge in [-0.05, 0) is 37.3 Å². The van der Waals surface area contributed by atoms with Gasteiger partial charge in [-0.3, -0.25) is 4.79 Å². The Kier molecular flexibility index (Phi) is 2.38. The molecule has 0 spiro atoms. The highest BCUT2D eigenvalue weighted by Gasteiger charge is 2.59. The van der Waals surface area contributed by atoms with E-state index in [1.807, 2.05) is 0 Å². The zero-order valence-corrected chi connectivity index (χ0v) is 9.58. The highest BCUT2D eigenvalue weighted by atomic mass is 19.1. The third-order valence-electron chi connectivity index (χ3n) is 4.09. The molecule has 1 aromatic heterocycles. The van der Waals surface area contributed by atoms with Crippen molar-refractivity contribution in [1.82, 2.24) is 4.98 Å². The van der Waals surface area contributed by atoms with Crippen LogP contribution in [0.2, 0.25) is 0 Å². The number of rotatable bonds is 2. The molecular weight excluding hydrogens is 219 g/mol. The number of amides is 1. The van der Waals surface area contributed by atoms with E-state index in [4.69, 9.17) is 0 Å². The molecule has 1 N–H and O–H groups in total. The molecule has 3 nitrogen and oxygen atoms in total. The molecule has 0 radical (unpaired) electrons. The fraction of sp³-hybridized carbons (Fsp3) is 0.538. The van der Waals surface area contributed by atoms with Crippen molar-refractivity contribution in [3.8, 4) is 0 Å². The van der Waals surface area contributed by atoms with Gasteiger partial charge in [0.05, 0.1) is 17.3 Å². The molecule has 2 saturated carbocycles. The maximum Gasteiger partial charge on any atom is 0.230 e. The molecule has 2 aliphatic carbocycles. The topological polar surface area (TPSA) is 42.0 Å². The minimum Gasteiger partial charge on any atom is -0.324 e. The van der Waals surface area contributed by atoms with Crippen LogP contribution < -0.4 is 5.32 Å². The molecule has 17 heavy (non-hydrogen) atoms. The zero-order valence-electron chi connectivity index (χ0n) is 9.58. The summed E-state index contributed by atoms with van der Waals surface area (Å²) in [6.07, 6.45) is 6.95. The number of carbonyl (C=O) groups is 1. The van der Waals surface area contributed by atoms with Gasteiger partial charge in [0, 0.05) is 0 Å². The predicted molar refractivity (Wildman–Crippen MR) is 61.8 cm³/mol. The molecule has 2 unspecified atom stereocenters. The molecule has 1 aromatic rings. The van der Waals surface area contributed by atoms with Crippen LogP contribution in [0.3, 0.4) is 0 Å². The average Bonchev–Trinajstić information content (AvgIpc) is 3.08. The summed E-state index contributed by atoms with van der Waals surface area (Å²) in [6.45, 7) is 0. The van der Waals surface area contributed by atoms with Crippen LogP contribution in [-0.4, -0.2) is 10.9 Å². The number of nitrogens with zero attached hydrogens (tertiary/aromatic N) is 1. The van der Waals surface area contributed by atoms with Gasteiger partial charge in [0.2, 0.25) is 11.9 Å². The second-order valence-corrected chi connectivity index (χ2v) is 5.13. The van der Waals surface area contributed by atoms with Gasteiger partial charge in [0.25, 0.3) is 0 Å². The van der Waals surface area contributed by atoms with Crippen molar-refractivity contribution in [1.29, 1.82) is 0 Å². The van der Waals surface area contributed by atoms with Crippen molar-refractivity contribution < 1.29 is 9.18 Å². The Balaban J connectivity index is 1.70. The largest absolute Gasteiger partial charge is 0.324 e. The maximum absolute atomic E-state index is 12.6. The number of nitrogens with one attached hydrogen (secondary N) is 1. The van der Waals surface area contributed by atoms with E-state index in [0.29, 0.717) is 11.6 Å². The smallest absolute Gasteiger partial charge is 0.230 e. The summed E-state index contributed by atoms with van der Waals surface area (Å²) >= 11 is 0. The van der Waals surface area contributed by atoms with E-state index >= 15 is 0 Å². The number of hydrogen-bond donors (Lipinski definition) is 1. The normalized spacial score (nSPS) is 30.5. The van der Waals surface area contributed by atoms with E-state index in [1.54, 1.807) is 6.07 Å². The molecule has 0 aromatic carbocycles. The average molecular weight is 234 g/mol. The van der Waals surface area contributed by atoms with Gasteiger partial charge in [-0.1, -0.05) is 12.8 Å². The van der Waals surface area contributed by atoms with Gasteiger partial charge in [0.15, 0.2) is 0 Å². The minimum absolute atomic E-state index is 0.0932. The van der Waals surface area contributed by atoms with Crippen LogP contribution in [0.25, 0.3) is 0 Å². The fourth-order valence-electron chi connectivity index (χ4n) is 2.99. The molecular formula is C13H15FN2O. The number of halogens is 1. The quantitative estimate of drug-likeness (QED) is 0.799. The molecule has 2 aliphatic rings. The lowest BCUT2D eigenvalue weighted by Gasteiger charge is -2.20. The first-order valence-corrected chi connectivity index (χ1v) is 6.14. The fourth-order valence-corrected chi connectivity index (χ4v) is 2.99. The molecule has 1 heterocycles. The first kappa shape index (κ1) is 10.7. The maximum atomic E-state index is 12.6. The van der Waals surface area contributed by atoms with Gasteiger partial charge in [-0.25, -0.2) is 4.98 Å². The monoisotopic (exact) mass is 234 g/mol. The van der Waals surface area contributed by atoms with Gasteiger partial charge >= 0.3 is 0 Å². The van der Waals surface area contributed by atoms with E-state index in [0.717, 1.165) is 19.3 Å². The van der Waals surface area contributed by atoms with Crippen molar-refractivity contribution in [2.45, 2.75) is 32.1 Å². The Hall–Kier alpha value is -1.45. The van der Waals surface area contributed by atoms with Gasteiger partial charge < -0.3 is 5.32 Å². The molecule has 90 valence electrons. The lowest BCUT2D eigenvalue weighted by Crippen LogP contribution is -2.27. The van der Waals surface area contributed by atoms with Crippen molar-refractivity contribution in [3.63, 3.8) is 0 Å². The lowest BCUT2D eigenvalue weighted by atomic mass is 9.87. The molecule has 2 atom stereocenters. The Morgan fingerprint density at radius 2 is 2.35 bits per heavy atom. The van der Waals surface area contributed by atoms with Gasteiger partial charge in [-0.15, -0.1) is 0 Å². The van der Waals surface area contributed by atoms with E-state index in [1.165, 1.54) is 25.1 Å². The molecule has 1 amide bonds. The molecule has 4 heteroatoms. The highest BCUT2D eigenvalue weighted by Crippen LogP contribution is 2.61. The van der Waals surface area contributed by atoms with E-state index in [2.05, 4.69) is 10.3 Å². The summed E-state index contributed by atoms with van der Waals surface area (Å²) in [4.78, 5) is 15.7. The Morgan fingerprint density at radius 1 is 1.47 bits per heavy atom. The van der Waals surface area contributed by atoms with Crippen molar-refractivity contribution >= 4 is 11.6 Å². The second-order valence-electron chi connectivity index (χ2n) is 5.13. The number of carbonyl (C=O) groups excluding carboxylic acids is 1. The number of hydrogen-bond acceptors (Lipinski definition) is 2. The van der Waals surface area contributed by atoms with Crippen LogP contribution in [0.1, 0.15) is 32.1 Å². The summed E-state index contributed by atoms with van der Waals surface area (Å²) in [6, 6.07) is 2.82. The van der Waals surface area contributed by atoms with Crippen LogP contribution in [0, 0.1) is 17.3 Å². The van der Waals surface area contributed by atoms with Crippen LogP contribution >= 0.6 is 0 Å². The Bertz CT molecular complexity index is 445. The third kappa shape index (κ3) is 1.81. The van der Waals surface area contributed by atoms with Crippen LogP contribution in [0.15, 0.2) is 18.3 Å². The Morgan fingerprint density at radius 3 is 3.06 bits per heavy atom. The summed E-state index contributed by atoms with van der Waals surface area (Å²) < 4.78 is 12.6. The standard InChI is InChI=1S/C13H15FN2O/c14-11-5-4-10(8-15-11)16-12(17)13-6-2-1-3-9(13)7-13/h4-5,8-9H,1-3,6-7H2,(H,16,17). The summed E-state index contributed by atoms with van der Waals surface area (Å²) in [5.74, 6) is 0.142. The summed E-state index contributed by atoms with van der Waals surface area (Å²) in [5.41, 5.74) is 0.467. The number of fused-ring (bicyclic) bond motifs is 1.